The number of thiophene rings is 1. The quantitative estimate of drug-likeness (QED) is 0.767. The number of amides is 1. The number of carbonyl (C=O) groups is 1. The van der Waals surface area contributed by atoms with E-state index in [0.717, 1.165) is 27.1 Å². The summed E-state index contributed by atoms with van der Waals surface area (Å²) in [5.74, 6) is 0.622. The van der Waals surface area contributed by atoms with Crippen LogP contribution >= 0.6 is 27.3 Å². The highest BCUT2D eigenvalue weighted by molar-refractivity contribution is 9.10. The van der Waals surface area contributed by atoms with E-state index < -0.39 is 0 Å². The van der Waals surface area contributed by atoms with Gasteiger partial charge in [-0.1, -0.05) is 15.9 Å². The van der Waals surface area contributed by atoms with Crippen LogP contribution in [0.1, 0.15) is 22.5 Å². The fraction of sp³-hybridized carbons (Fsp3) is 0.400. The van der Waals surface area contributed by atoms with Crippen LogP contribution in [0, 0.1) is 5.92 Å². The number of nitrogens with two attached hydrogens (primary N) is 1. The topological polar surface area (TPSA) is 64.4 Å². The number of nitrogens with one attached hydrogen (secondary N) is 1. The summed E-state index contributed by atoms with van der Waals surface area (Å²) in [4.78, 5) is 12.8. The third-order valence-corrected chi connectivity index (χ3v) is 5.16. The summed E-state index contributed by atoms with van der Waals surface area (Å²) in [5.41, 5.74) is 6.63. The smallest absolute Gasteiger partial charge is 0.263 e. The number of nitrogen functional groups attached to an aromatic ring is 1. The Hall–Kier alpha value is -1.11. The molecule has 0 atom stereocenters. The maximum Gasteiger partial charge on any atom is 0.263 e. The number of ether oxygens (including phenoxy) is 1. The van der Waals surface area contributed by atoms with Crippen molar-refractivity contribution in [3.05, 3.63) is 27.5 Å². The van der Waals surface area contributed by atoms with Crippen LogP contribution in [0.4, 0.5) is 5.69 Å². The molecule has 1 aromatic carbocycles. The average molecular weight is 369 g/mol. The molecular weight excluding hydrogens is 352 g/mol. The Balaban J connectivity index is 1.59. The van der Waals surface area contributed by atoms with E-state index in [2.05, 4.69) is 21.2 Å². The molecule has 1 fully saturated rings. The highest BCUT2D eigenvalue weighted by atomic mass is 79.9. The van der Waals surface area contributed by atoms with E-state index in [-0.39, 0.29) is 5.91 Å². The zero-order valence-electron chi connectivity index (χ0n) is 11.5. The Labute approximate surface area is 135 Å². The van der Waals surface area contributed by atoms with Gasteiger partial charge in [-0.2, -0.15) is 0 Å². The molecular formula is C15H17BrN2O2S. The van der Waals surface area contributed by atoms with E-state index in [4.69, 9.17) is 10.5 Å². The number of hydrogen-bond acceptors (Lipinski definition) is 4. The predicted octanol–water partition coefficient (Wildman–Crippen LogP) is 3.40. The number of rotatable bonds is 6. The van der Waals surface area contributed by atoms with Crippen LogP contribution in [0.25, 0.3) is 10.1 Å². The first-order valence-corrected chi connectivity index (χ1v) is 8.59. The first kappa shape index (κ1) is 14.8. The lowest BCUT2D eigenvalue weighted by molar-refractivity contribution is 0.0911. The Kier molecular flexibility index (Phi) is 4.47. The molecule has 2 aromatic rings. The lowest BCUT2D eigenvalue weighted by atomic mass is 10.2. The normalized spacial score (nSPS) is 14.5. The van der Waals surface area contributed by atoms with Crippen LogP contribution in [0.3, 0.4) is 0 Å². The molecule has 3 rings (SSSR count). The van der Waals surface area contributed by atoms with Crippen molar-refractivity contribution in [2.24, 2.45) is 5.92 Å². The van der Waals surface area contributed by atoms with Crippen molar-refractivity contribution < 1.29 is 9.53 Å². The van der Waals surface area contributed by atoms with Gasteiger partial charge in [0, 0.05) is 27.7 Å². The summed E-state index contributed by atoms with van der Waals surface area (Å²) in [6.45, 7) is 1.89. The van der Waals surface area contributed by atoms with Crippen molar-refractivity contribution in [1.29, 1.82) is 0 Å². The molecule has 0 unspecified atom stereocenters. The van der Waals surface area contributed by atoms with Crippen molar-refractivity contribution in [3.63, 3.8) is 0 Å². The van der Waals surface area contributed by atoms with Crippen LogP contribution < -0.4 is 11.1 Å². The van der Waals surface area contributed by atoms with Crippen molar-refractivity contribution in [3.8, 4) is 0 Å². The van der Waals surface area contributed by atoms with Crippen LogP contribution in [-0.4, -0.2) is 25.7 Å². The number of hydrogen-bond donors (Lipinski definition) is 2. The number of halogens is 1. The first-order valence-electron chi connectivity index (χ1n) is 6.98. The van der Waals surface area contributed by atoms with Gasteiger partial charge in [-0.05, 0) is 37.0 Å². The van der Waals surface area contributed by atoms with Crippen LogP contribution in [-0.2, 0) is 4.74 Å². The van der Waals surface area contributed by atoms with Gasteiger partial charge in [0.1, 0.15) is 4.88 Å². The standard InChI is InChI=1S/C15H17BrN2O2S/c16-10-3-4-12-11(7-10)13(17)14(21-12)15(19)18-5-6-20-8-9-1-2-9/h3-4,7,9H,1-2,5-6,8,17H2,(H,18,19). The highest BCUT2D eigenvalue weighted by Gasteiger charge is 2.21. The molecule has 1 aromatic heterocycles. The molecule has 0 aliphatic heterocycles. The minimum absolute atomic E-state index is 0.125. The molecule has 1 aliphatic carbocycles. The monoisotopic (exact) mass is 368 g/mol. The molecule has 112 valence electrons. The number of carbonyl (C=O) groups excluding carboxylic acids is 1. The maximum atomic E-state index is 12.2. The third-order valence-electron chi connectivity index (χ3n) is 3.48. The minimum atomic E-state index is -0.125. The average Bonchev–Trinajstić information content (AvgIpc) is 3.23. The van der Waals surface area contributed by atoms with E-state index in [0.29, 0.717) is 23.7 Å². The van der Waals surface area contributed by atoms with E-state index >= 15 is 0 Å². The molecule has 21 heavy (non-hydrogen) atoms. The van der Waals surface area contributed by atoms with E-state index in [1.165, 1.54) is 24.2 Å². The summed E-state index contributed by atoms with van der Waals surface area (Å²) in [7, 11) is 0. The lowest BCUT2D eigenvalue weighted by Gasteiger charge is -2.05. The Morgan fingerprint density at radius 1 is 1.48 bits per heavy atom. The Morgan fingerprint density at radius 2 is 2.29 bits per heavy atom. The molecule has 1 aliphatic rings. The first-order chi connectivity index (χ1) is 10.1. The van der Waals surface area contributed by atoms with Crippen molar-refractivity contribution >= 4 is 48.9 Å². The third kappa shape index (κ3) is 3.56. The molecule has 0 saturated heterocycles. The van der Waals surface area contributed by atoms with Gasteiger partial charge in [-0.15, -0.1) is 11.3 Å². The summed E-state index contributed by atoms with van der Waals surface area (Å²) in [6, 6.07) is 5.86. The number of benzene rings is 1. The fourth-order valence-electron chi connectivity index (χ4n) is 2.11. The van der Waals surface area contributed by atoms with E-state index in [9.17, 15) is 4.79 Å². The molecule has 1 heterocycles. The molecule has 3 N–H and O–H groups in total. The van der Waals surface area contributed by atoms with Gasteiger partial charge in [0.15, 0.2) is 0 Å². The van der Waals surface area contributed by atoms with Gasteiger partial charge in [-0.25, -0.2) is 0 Å². The van der Waals surface area contributed by atoms with Crippen LogP contribution in [0.2, 0.25) is 0 Å². The van der Waals surface area contributed by atoms with E-state index in [1.807, 2.05) is 18.2 Å². The van der Waals surface area contributed by atoms with Crippen LogP contribution in [0.5, 0.6) is 0 Å². The van der Waals surface area contributed by atoms with Gasteiger partial charge < -0.3 is 15.8 Å². The van der Waals surface area contributed by atoms with Gasteiger partial charge in [0.05, 0.1) is 12.3 Å². The number of fused-ring (bicyclic) bond motifs is 1. The molecule has 0 spiro atoms. The Morgan fingerprint density at radius 3 is 3.05 bits per heavy atom. The maximum absolute atomic E-state index is 12.2. The highest BCUT2D eigenvalue weighted by Crippen LogP contribution is 2.35. The largest absolute Gasteiger partial charge is 0.397 e. The molecule has 1 amide bonds. The molecule has 1 saturated carbocycles. The van der Waals surface area contributed by atoms with Crippen LogP contribution in [0.15, 0.2) is 22.7 Å². The lowest BCUT2D eigenvalue weighted by Crippen LogP contribution is -2.27. The van der Waals surface area contributed by atoms with Gasteiger partial charge >= 0.3 is 0 Å². The number of anilines is 1. The Bertz CT molecular complexity index is 667. The van der Waals surface area contributed by atoms with Crippen molar-refractivity contribution in [2.45, 2.75) is 12.8 Å². The van der Waals surface area contributed by atoms with Crippen molar-refractivity contribution in [1.82, 2.24) is 5.32 Å². The molecule has 0 bridgehead atoms. The molecule has 6 heteroatoms. The van der Waals surface area contributed by atoms with Gasteiger partial charge in [0.2, 0.25) is 0 Å². The van der Waals surface area contributed by atoms with E-state index in [1.54, 1.807) is 0 Å². The second kappa shape index (κ2) is 6.34. The van der Waals surface area contributed by atoms with Gasteiger partial charge in [-0.3, -0.25) is 4.79 Å². The van der Waals surface area contributed by atoms with Gasteiger partial charge in [0.25, 0.3) is 5.91 Å². The summed E-state index contributed by atoms with van der Waals surface area (Å²) in [6.07, 6.45) is 2.56. The SMILES string of the molecule is Nc1c(C(=O)NCCOCC2CC2)sc2ccc(Br)cc12. The molecule has 4 nitrogen and oxygen atoms in total. The van der Waals surface area contributed by atoms with Crippen molar-refractivity contribution in [2.75, 3.05) is 25.5 Å². The predicted molar refractivity (Wildman–Crippen MR) is 89.8 cm³/mol. The zero-order valence-corrected chi connectivity index (χ0v) is 13.9. The summed E-state index contributed by atoms with van der Waals surface area (Å²) < 4.78 is 7.48. The second-order valence-corrected chi connectivity index (χ2v) is 7.23. The minimum Gasteiger partial charge on any atom is -0.397 e. The zero-order chi connectivity index (χ0) is 14.8. The fourth-order valence-corrected chi connectivity index (χ4v) is 3.49. The summed E-state index contributed by atoms with van der Waals surface area (Å²) >= 11 is 4.84. The summed E-state index contributed by atoms with van der Waals surface area (Å²) in [5, 5.41) is 3.79. The second-order valence-electron chi connectivity index (χ2n) is 5.26. The molecule has 0 radical (unpaired) electrons.